The highest BCUT2D eigenvalue weighted by Gasteiger charge is 2.26. The number of sulfonamides is 1. The molecule has 0 fully saturated rings. The fourth-order valence-corrected chi connectivity index (χ4v) is 5.62. The zero-order valence-corrected chi connectivity index (χ0v) is 21.9. The molecule has 0 bridgehead atoms. The van der Waals surface area contributed by atoms with Gasteiger partial charge in [-0.2, -0.15) is 8.75 Å². The average Bonchev–Trinajstić information content (AvgIpc) is 3.30. The standard InChI is InChI=1S/C22H16Cl3N5O4S2/c23-12-6-4-11(5-7-12)8-18(21(26)31)27-22(32)13-9-14(24)15(25)10-17(13)30-36(33,34)19-3-1-2-16-20(19)29-35-28-16/h1-7,9-10,18,30H,8H2,(H2,26,31)(H,27,32)/t18-/m0/s1. The van der Waals surface area contributed by atoms with Crippen molar-refractivity contribution in [2.24, 2.45) is 5.73 Å². The molecule has 2 amide bonds. The number of fused-ring (bicyclic) bond motifs is 1. The van der Waals surface area contributed by atoms with Crippen molar-refractivity contribution in [3.05, 3.63) is 80.8 Å². The third-order valence-corrected chi connectivity index (χ3v) is 8.00. The van der Waals surface area contributed by atoms with Crippen LogP contribution in [0.25, 0.3) is 11.0 Å². The van der Waals surface area contributed by atoms with E-state index in [1.54, 1.807) is 30.3 Å². The molecule has 1 heterocycles. The summed E-state index contributed by atoms with van der Waals surface area (Å²) in [5.41, 5.74) is 6.46. The molecule has 1 aromatic heterocycles. The van der Waals surface area contributed by atoms with Crippen molar-refractivity contribution in [1.82, 2.24) is 14.1 Å². The molecule has 0 radical (unpaired) electrons. The van der Waals surface area contributed by atoms with Crippen LogP contribution < -0.4 is 15.8 Å². The van der Waals surface area contributed by atoms with E-state index in [4.69, 9.17) is 40.5 Å². The van der Waals surface area contributed by atoms with E-state index in [9.17, 15) is 18.0 Å². The maximum absolute atomic E-state index is 13.2. The number of carbonyl (C=O) groups excluding carboxylic acids is 2. The third-order valence-electron chi connectivity index (χ3n) is 5.09. The maximum Gasteiger partial charge on any atom is 0.264 e. The first kappa shape index (κ1) is 26.1. The minimum Gasteiger partial charge on any atom is -0.368 e. The van der Waals surface area contributed by atoms with Gasteiger partial charge in [-0.1, -0.05) is 53.0 Å². The third kappa shape index (κ3) is 5.71. The number of hydrogen-bond acceptors (Lipinski definition) is 7. The number of primary amides is 1. The first-order valence-electron chi connectivity index (χ1n) is 10.1. The van der Waals surface area contributed by atoms with E-state index in [0.29, 0.717) is 16.1 Å². The number of nitrogens with one attached hydrogen (secondary N) is 2. The number of rotatable bonds is 8. The molecule has 4 N–H and O–H groups in total. The predicted molar refractivity (Wildman–Crippen MR) is 140 cm³/mol. The van der Waals surface area contributed by atoms with Gasteiger partial charge in [0.05, 0.1) is 33.0 Å². The van der Waals surface area contributed by atoms with E-state index in [0.717, 1.165) is 11.7 Å². The van der Waals surface area contributed by atoms with Crippen LogP contribution >= 0.6 is 46.5 Å². The molecule has 0 aliphatic heterocycles. The number of benzene rings is 3. The number of nitrogens with zero attached hydrogens (tertiary/aromatic N) is 2. The summed E-state index contributed by atoms with van der Waals surface area (Å²) in [7, 11) is -4.22. The van der Waals surface area contributed by atoms with Crippen molar-refractivity contribution in [2.45, 2.75) is 17.4 Å². The van der Waals surface area contributed by atoms with Gasteiger partial charge < -0.3 is 11.1 Å². The molecule has 0 saturated heterocycles. The molecule has 1 atom stereocenters. The molecule has 3 aromatic carbocycles. The Kier molecular flexibility index (Phi) is 7.67. The zero-order valence-electron chi connectivity index (χ0n) is 18.0. The number of halogens is 3. The van der Waals surface area contributed by atoms with Gasteiger partial charge in [0, 0.05) is 11.4 Å². The molecule has 0 saturated carbocycles. The summed E-state index contributed by atoms with van der Waals surface area (Å²) < 4.78 is 36.9. The Bertz CT molecular complexity index is 1580. The number of carbonyl (C=O) groups is 2. The summed E-state index contributed by atoms with van der Waals surface area (Å²) in [5.74, 6) is -1.58. The largest absolute Gasteiger partial charge is 0.368 e. The van der Waals surface area contributed by atoms with E-state index in [1.165, 1.54) is 24.3 Å². The number of anilines is 1. The monoisotopic (exact) mass is 583 g/mol. The lowest BCUT2D eigenvalue weighted by Crippen LogP contribution is -2.46. The molecule has 4 rings (SSSR count). The Labute approximate surface area is 224 Å². The Morgan fingerprint density at radius 2 is 1.69 bits per heavy atom. The van der Waals surface area contributed by atoms with Crippen LogP contribution in [0.15, 0.2) is 59.5 Å². The quantitative estimate of drug-likeness (QED) is 0.282. The highest BCUT2D eigenvalue weighted by Crippen LogP contribution is 2.32. The van der Waals surface area contributed by atoms with Crippen molar-refractivity contribution < 1.29 is 18.0 Å². The molecule has 9 nitrogen and oxygen atoms in total. The summed E-state index contributed by atoms with van der Waals surface area (Å²) in [6.45, 7) is 0. The number of amides is 2. The first-order chi connectivity index (χ1) is 17.0. The highest BCUT2D eigenvalue weighted by atomic mass is 35.5. The summed E-state index contributed by atoms with van der Waals surface area (Å²) in [4.78, 5) is 25.1. The van der Waals surface area contributed by atoms with Crippen molar-refractivity contribution in [3.63, 3.8) is 0 Å². The summed E-state index contributed by atoms with van der Waals surface area (Å²) in [6.07, 6.45) is 0.0828. The van der Waals surface area contributed by atoms with Gasteiger partial charge in [-0.3, -0.25) is 14.3 Å². The lowest BCUT2D eigenvalue weighted by molar-refractivity contribution is -0.119. The van der Waals surface area contributed by atoms with Crippen LogP contribution in [0.5, 0.6) is 0 Å². The van der Waals surface area contributed by atoms with Crippen molar-refractivity contribution in [3.8, 4) is 0 Å². The van der Waals surface area contributed by atoms with Crippen LogP contribution in [-0.4, -0.2) is 35.0 Å². The van der Waals surface area contributed by atoms with Gasteiger partial charge in [-0.25, -0.2) is 8.42 Å². The smallest absolute Gasteiger partial charge is 0.264 e. The average molecular weight is 585 g/mol. The van der Waals surface area contributed by atoms with Gasteiger partial charge in [0.25, 0.3) is 15.9 Å². The van der Waals surface area contributed by atoms with E-state index in [1.807, 2.05) is 0 Å². The molecule has 0 aliphatic carbocycles. The Morgan fingerprint density at radius 1 is 1.00 bits per heavy atom. The van der Waals surface area contributed by atoms with Gasteiger partial charge in [0.2, 0.25) is 5.91 Å². The second kappa shape index (κ2) is 10.6. The summed E-state index contributed by atoms with van der Waals surface area (Å²) in [5, 5.41) is 3.05. The highest BCUT2D eigenvalue weighted by molar-refractivity contribution is 7.93. The lowest BCUT2D eigenvalue weighted by atomic mass is 10.0. The van der Waals surface area contributed by atoms with Crippen molar-refractivity contribution in [2.75, 3.05) is 4.72 Å². The predicted octanol–water partition coefficient (Wildman–Crippen LogP) is 4.28. The number of hydrogen-bond donors (Lipinski definition) is 3. The van der Waals surface area contributed by atoms with Crippen LogP contribution in [0.3, 0.4) is 0 Å². The molecule has 0 aliphatic rings. The van der Waals surface area contributed by atoms with E-state index < -0.39 is 27.9 Å². The minimum absolute atomic E-state index is 0.00361. The fraction of sp³-hybridized carbons (Fsp3) is 0.0909. The first-order valence-corrected chi connectivity index (χ1v) is 13.5. The zero-order chi connectivity index (χ0) is 26.0. The SMILES string of the molecule is NC(=O)[C@H](Cc1ccc(Cl)cc1)NC(=O)c1cc(Cl)c(Cl)cc1NS(=O)(=O)c1cccc2nsnc12. The van der Waals surface area contributed by atoms with Gasteiger partial charge in [-0.05, 0) is 42.0 Å². The minimum atomic E-state index is -4.22. The molecular weight excluding hydrogens is 569 g/mol. The molecule has 36 heavy (non-hydrogen) atoms. The molecule has 14 heteroatoms. The van der Waals surface area contributed by atoms with Crippen LogP contribution in [0.1, 0.15) is 15.9 Å². The fourth-order valence-electron chi connectivity index (χ4n) is 3.33. The van der Waals surface area contributed by atoms with E-state index >= 15 is 0 Å². The molecule has 186 valence electrons. The van der Waals surface area contributed by atoms with E-state index in [2.05, 4.69) is 18.8 Å². The van der Waals surface area contributed by atoms with Crippen molar-refractivity contribution >= 4 is 85.1 Å². The van der Waals surface area contributed by atoms with Gasteiger partial charge in [0.15, 0.2) is 0 Å². The van der Waals surface area contributed by atoms with Gasteiger partial charge in [0.1, 0.15) is 22.0 Å². The van der Waals surface area contributed by atoms with Crippen LogP contribution in [0.2, 0.25) is 15.1 Å². The van der Waals surface area contributed by atoms with Gasteiger partial charge in [-0.15, -0.1) is 0 Å². The van der Waals surface area contributed by atoms with E-state index in [-0.39, 0.29) is 38.1 Å². The normalized spacial score (nSPS) is 12.3. The van der Waals surface area contributed by atoms with Crippen LogP contribution in [0.4, 0.5) is 5.69 Å². The summed E-state index contributed by atoms with van der Waals surface area (Å²) in [6, 6.07) is 12.5. The van der Waals surface area contributed by atoms with Crippen molar-refractivity contribution in [1.29, 1.82) is 0 Å². The number of aromatic nitrogens is 2. The molecule has 4 aromatic rings. The molecule has 0 spiro atoms. The molecule has 0 unspecified atom stereocenters. The summed E-state index contributed by atoms with van der Waals surface area (Å²) >= 11 is 19.0. The Morgan fingerprint density at radius 3 is 2.39 bits per heavy atom. The topological polar surface area (TPSA) is 144 Å². The molecular formula is C22H16Cl3N5O4S2. The van der Waals surface area contributed by atoms with Gasteiger partial charge >= 0.3 is 0 Å². The Balaban J connectivity index is 1.66. The van der Waals surface area contributed by atoms with Crippen LogP contribution in [-0.2, 0) is 21.2 Å². The number of nitrogens with two attached hydrogens (primary N) is 1. The Hall–Kier alpha value is -2.96. The second-order valence-corrected chi connectivity index (χ2v) is 11.0. The van der Waals surface area contributed by atoms with Crippen LogP contribution in [0, 0.1) is 0 Å². The second-order valence-electron chi connectivity index (χ2n) is 7.56. The maximum atomic E-state index is 13.2. The lowest BCUT2D eigenvalue weighted by Gasteiger charge is -2.18.